The molecule has 0 aliphatic carbocycles. The van der Waals surface area contributed by atoms with Crippen LogP contribution in [0.3, 0.4) is 0 Å². The van der Waals surface area contributed by atoms with Crippen molar-refractivity contribution in [2.75, 3.05) is 5.73 Å². The molecule has 0 unspecified atom stereocenters. The monoisotopic (exact) mass is 207 g/mol. The normalized spacial score (nSPS) is 12.9. The van der Waals surface area contributed by atoms with Gasteiger partial charge < -0.3 is 10.5 Å². The first-order chi connectivity index (χ1) is 6.99. The largest absolute Gasteiger partial charge is 0.490 e. The van der Waals surface area contributed by atoms with Crippen molar-refractivity contribution in [3.05, 3.63) is 23.8 Å². The maximum absolute atomic E-state index is 5.86. The predicted octanol–water partition coefficient (Wildman–Crippen LogP) is 3.39. The highest BCUT2D eigenvalue weighted by molar-refractivity contribution is 5.47. The summed E-state index contributed by atoms with van der Waals surface area (Å²) in [5.41, 5.74) is 7.57. The molecule has 84 valence electrons. The van der Waals surface area contributed by atoms with E-state index in [0.717, 1.165) is 23.4 Å². The molecule has 1 rings (SSSR count). The second-order valence-electron chi connectivity index (χ2n) is 4.58. The highest BCUT2D eigenvalue weighted by atomic mass is 16.5. The first-order valence-electron chi connectivity index (χ1n) is 5.52. The summed E-state index contributed by atoms with van der Waals surface area (Å²) in [6.07, 6.45) is 1.33. The lowest BCUT2D eigenvalue weighted by atomic mass is 10.1. The van der Waals surface area contributed by atoms with Crippen LogP contribution < -0.4 is 10.5 Å². The first-order valence-corrected chi connectivity index (χ1v) is 5.52. The van der Waals surface area contributed by atoms with Gasteiger partial charge in [-0.15, -0.1) is 0 Å². The van der Waals surface area contributed by atoms with Crippen LogP contribution in [0.1, 0.15) is 32.8 Å². The van der Waals surface area contributed by atoms with Crippen molar-refractivity contribution in [2.24, 2.45) is 5.92 Å². The molecule has 1 aromatic rings. The summed E-state index contributed by atoms with van der Waals surface area (Å²) in [4.78, 5) is 0. The number of nitrogen functional groups attached to an aromatic ring is 1. The van der Waals surface area contributed by atoms with Gasteiger partial charge in [-0.1, -0.05) is 13.8 Å². The minimum absolute atomic E-state index is 0.257. The third-order valence-electron chi connectivity index (χ3n) is 2.33. The van der Waals surface area contributed by atoms with E-state index in [1.54, 1.807) is 0 Å². The van der Waals surface area contributed by atoms with Gasteiger partial charge >= 0.3 is 0 Å². The minimum atomic E-state index is 0.257. The van der Waals surface area contributed by atoms with Crippen LogP contribution in [0.2, 0.25) is 0 Å². The van der Waals surface area contributed by atoms with Gasteiger partial charge in [-0.05, 0) is 49.9 Å². The highest BCUT2D eigenvalue weighted by Gasteiger charge is 2.08. The molecule has 0 heterocycles. The Morgan fingerprint density at radius 1 is 1.27 bits per heavy atom. The molecule has 0 fully saturated rings. The number of benzene rings is 1. The summed E-state index contributed by atoms with van der Waals surface area (Å²) in [6.45, 7) is 8.54. The fourth-order valence-corrected chi connectivity index (χ4v) is 1.73. The maximum Gasteiger partial charge on any atom is 0.122 e. The van der Waals surface area contributed by atoms with Crippen molar-refractivity contribution in [1.29, 1.82) is 0 Å². The molecule has 15 heavy (non-hydrogen) atoms. The third-order valence-corrected chi connectivity index (χ3v) is 2.33. The average Bonchev–Trinajstić information content (AvgIpc) is 2.08. The van der Waals surface area contributed by atoms with E-state index in [-0.39, 0.29) is 6.10 Å². The molecular formula is C13H21NO. The van der Waals surface area contributed by atoms with Gasteiger partial charge in [0.25, 0.3) is 0 Å². The second-order valence-corrected chi connectivity index (χ2v) is 4.58. The van der Waals surface area contributed by atoms with Crippen molar-refractivity contribution < 1.29 is 4.74 Å². The molecule has 1 aromatic carbocycles. The predicted molar refractivity (Wildman–Crippen MR) is 65.1 cm³/mol. The van der Waals surface area contributed by atoms with E-state index in [2.05, 4.69) is 20.8 Å². The van der Waals surface area contributed by atoms with Gasteiger partial charge in [-0.2, -0.15) is 0 Å². The topological polar surface area (TPSA) is 35.2 Å². The SMILES string of the molecule is Cc1cc(N)ccc1O[C@H](C)CC(C)C. The average molecular weight is 207 g/mol. The number of ether oxygens (including phenoxy) is 1. The quantitative estimate of drug-likeness (QED) is 0.768. The maximum atomic E-state index is 5.86. The van der Waals surface area contributed by atoms with Crippen molar-refractivity contribution in [3.63, 3.8) is 0 Å². The fourth-order valence-electron chi connectivity index (χ4n) is 1.73. The summed E-state index contributed by atoms with van der Waals surface area (Å²) in [7, 11) is 0. The van der Waals surface area contributed by atoms with E-state index in [0.29, 0.717) is 5.92 Å². The molecule has 0 radical (unpaired) electrons. The Kier molecular flexibility index (Phi) is 4.01. The summed E-state index contributed by atoms with van der Waals surface area (Å²) in [5, 5.41) is 0. The molecule has 2 N–H and O–H groups in total. The van der Waals surface area contributed by atoms with Gasteiger partial charge in [0.1, 0.15) is 5.75 Å². The number of aryl methyl sites for hydroxylation is 1. The van der Waals surface area contributed by atoms with Crippen LogP contribution >= 0.6 is 0 Å². The molecule has 2 heteroatoms. The number of hydrogen-bond acceptors (Lipinski definition) is 2. The number of anilines is 1. The number of nitrogens with two attached hydrogens (primary N) is 1. The molecule has 0 aromatic heterocycles. The molecule has 0 bridgehead atoms. The van der Waals surface area contributed by atoms with Crippen molar-refractivity contribution in [1.82, 2.24) is 0 Å². The highest BCUT2D eigenvalue weighted by Crippen LogP contribution is 2.22. The van der Waals surface area contributed by atoms with Crippen molar-refractivity contribution in [3.8, 4) is 5.75 Å². The molecule has 2 nitrogen and oxygen atoms in total. The van der Waals surface area contributed by atoms with Crippen LogP contribution in [0.15, 0.2) is 18.2 Å². The Morgan fingerprint density at radius 2 is 1.93 bits per heavy atom. The van der Waals surface area contributed by atoms with E-state index < -0.39 is 0 Å². The van der Waals surface area contributed by atoms with E-state index in [1.807, 2.05) is 25.1 Å². The van der Waals surface area contributed by atoms with Gasteiger partial charge in [-0.3, -0.25) is 0 Å². The summed E-state index contributed by atoms with van der Waals surface area (Å²) < 4.78 is 5.86. The van der Waals surface area contributed by atoms with E-state index >= 15 is 0 Å². The van der Waals surface area contributed by atoms with Crippen LogP contribution in [-0.4, -0.2) is 6.10 Å². The van der Waals surface area contributed by atoms with Gasteiger partial charge in [0.05, 0.1) is 6.10 Å². The van der Waals surface area contributed by atoms with Crippen LogP contribution in [-0.2, 0) is 0 Å². The number of hydrogen-bond donors (Lipinski definition) is 1. The summed E-state index contributed by atoms with van der Waals surface area (Å²) >= 11 is 0. The van der Waals surface area contributed by atoms with Gasteiger partial charge in [0.15, 0.2) is 0 Å². The molecule has 0 spiro atoms. The lowest BCUT2D eigenvalue weighted by Crippen LogP contribution is -2.15. The van der Waals surface area contributed by atoms with Crippen LogP contribution in [0.25, 0.3) is 0 Å². The molecule has 1 atom stereocenters. The fraction of sp³-hybridized carbons (Fsp3) is 0.538. The molecule has 0 aliphatic heterocycles. The Morgan fingerprint density at radius 3 is 2.47 bits per heavy atom. The molecule has 0 aliphatic rings. The third kappa shape index (κ3) is 3.82. The first kappa shape index (κ1) is 11.9. The standard InChI is InChI=1S/C13H21NO/c1-9(2)7-11(4)15-13-6-5-12(14)8-10(13)3/h5-6,8-9,11H,7,14H2,1-4H3/t11-/m1/s1. The summed E-state index contributed by atoms with van der Waals surface area (Å²) in [6, 6.07) is 5.77. The molecule has 0 saturated heterocycles. The number of rotatable bonds is 4. The Hall–Kier alpha value is -1.18. The zero-order valence-electron chi connectivity index (χ0n) is 10.1. The van der Waals surface area contributed by atoms with Crippen molar-refractivity contribution >= 4 is 5.69 Å². The Labute approximate surface area is 92.4 Å². The lowest BCUT2D eigenvalue weighted by molar-refractivity contribution is 0.192. The Bertz CT molecular complexity index is 320. The molecule has 0 saturated carbocycles. The Balaban J connectivity index is 2.64. The summed E-state index contributed by atoms with van der Waals surface area (Å²) in [5.74, 6) is 1.60. The van der Waals surface area contributed by atoms with Crippen LogP contribution in [0.4, 0.5) is 5.69 Å². The zero-order valence-corrected chi connectivity index (χ0v) is 10.1. The van der Waals surface area contributed by atoms with E-state index in [9.17, 15) is 0 Å². The van der Waals surface area contributed by atoms with Crippen molar-refractivity contribution in [2.45, 2.75) is 40.2 Å². The van der Waals surface area contributed by atoms with Crippen LogP contribution in [0, 0.1) is 12.8 Å². The molecule has 0 amide bonds. The molecular weight excluding hydrogens is 186 g/mol. The van der Waals surface area contributed by atoms with Gasteiger partial charge in [0, 0.05) is 5.69 Å². The smallest absolute Gasteiger partial charge is 0.122 e. The van der Waals surface area contributed by atoms with Crippen LogP contribution in [0.5, 0.6) is 5.75 Å². The minimum Gasteiger partial charge on any atom is -0.490 e. The zero-order chi connectivity index (χ0) is 11.4. The lowest BCUT2D eigenvalue weighted by Gasteiger charge is -2.18. The van der Waals surface area contributed by atoms with Gasteiger partial charge in [0.2, 0.25) is 0 Å². The second kappa shape index (κ2) is 5.06. The van der Waals surface area contributed by atoms with E-state index in [1.165, 1.54) is 0 Å². The van der Waals surface area contributed by atoms with E-state index in [4.69, 9.17) is 10.5 Å². The van der Waals surface area contributed by atoms with Gasteiger partial charge in [-0.25, -0.2) is 0 Å².